The molecular formula is C29H36N2O6S. The van der Waals surface area contributed by atoms with Gasteiger partial charge in [-0.15, -0.1) is 0 Å². The fourth-order valence-corrected chi connectivity index (χ4v) is 5.26. The van der Waals surface area contributed by atoms with Crippen molar-refractivity contribution >= 4 is 21.6 Å². The molecule has 0 spiro atoms. The molecule has 3 aromatic carbocycles. The quantitative estimate of drug-likeness (QED) is 0.315. The third kappa shape index (κ3) is 7.64. The predicted molar refractivity (Wildman–Crippen MR) is 149 cm³/mol. The minimum absolute atomic E-state index is 0.0931. The second kappa shape index (κ2) is 13.2. The van der Waals surface area contributed by atoms with Gasteiger partial charge in [-0.3, -0.25) is 9.10 Å². The largest absolute Gasteiger partial charge is 0.493 e. The third-order valence-corrected chi connectivity index (χ3v) is 7.60. The Morgan fingerprint density at radius 1 is 0.921 bits per heavy atom. The number of nitrogens with one attached hydrogen (secondary N) is 1. The van der Waals surface area contributed by atoms with Crippen LogP contribution in [0.1, 0.15) is 31.4 Å². The van der Waals surface area contributed by atoms with Crippen LogP contribution >= 0.6 is 0 Å². The fraction of sp³-hybridized carbons (Fsp3) is 0.345. The summed E-state index contributed by atoms with van der Waals surface area (Å²) in [7, 11) is -1.06. The minimum atomic E-state index is -4.03. The van der Waals surface area contributed by atoms with Crippen molar-refractivity contribution in [3.63, 3.8) is 0 Å². The Morgan fingerprint density at radius 3 is 2.18 bits per heavy atom. The maximum Gasteiger partial charge on any atom is 0.264 e. The molecule has 0 aliphatic heterocycles. The van der Waals surface area contributed by atoms with E-state index in [-0.39, 0.29) is 17.5 Å². The highest BCUT2D eigenvalue weighted by Gasteiger charge is 2.28. The number of carbonyl (C=O) groups excluding carboxylic acids is 1. The highest BCUT2D eigenvalue weighted by Crippen LogP contribution is 2.33. The number of ether oxygens (including phenoxy) is 3. The van der Waals surface area contributed by atoms with Gasteiger partial charge in [0.2, 0.25) is 5.91 Å². The van der Waals surface area contributed by atoms with Crippen LogP contribution in [0.2, 0.25) is 0 Å². The van der Waals surface area contributed by atoms with Crippen LogP contribution in [0.3, 0.4) is 0 Å². The van der Waals surface area contributed by atoms with Gasteiger partial charge in [0.15, 0.2) is 11.5 Å². The van der Waals surface area contributed by atoms with E-state index < -0.39 is 15.9 Å². The normalized spacial score (nSPS) is 11.2. The van der Waals surface area contributed by atoms with Crippen LogP contribution in [0.5, 0.6) is 17.2 Å². The molecule has 0 bridgehead atoms. The fourth-order valence-electron chi connectivity index (χ4n) is 3.85. The van der Waals surface area contributed by atoms with Crippen LogP contribution in [0, 0.1) is 6.92 Å². The molecule has 1 N–H and O–H groups in total. The molecule has 9 heteroatoms. The van der Waals surface area contributed by atoms with Gasteiger partial charge in [0.05, 0.1) is 30.9 Å². The number of rotatable bonds is 13. The van der Waals surface area contributed by atoms with E-state index in [1.165, 1.54) is 26.4 Å². The van der Waals surface area contributed by atoms with Gasteiger partial charge < -0.3 is 19.5 Å². The number of amides is 1. The van der Waals surface area contributed by atoms with Crippen molar-refractivity contribution in [3.05, 3.63) is 77.9 Å². The minimum Gasteiger partial charge on any atom is -0.493 e. The zero-order valence-electron chi connectivity index (χ0n) is 22.6. The van der Waals surface area contributed by atoms with Gasteiger partial charge in [-0.2, -0.15) is 0 Å². The van der Waals surface area contributed by atoms with Gasteiger partial charge in [-0.25, -0.2) is 8.42 Å². The topological polar surface area (TPSA) is 94.2 Å². The molecule has 38 heavy (non-hydrogen) atoms. The van der Waals surface area contributed by atoms with Crippen molar-refractivity contribution in [2.24, 2.45) is 0 Å². The second-order valence-electron chi connectivity index (χ2n) is 9.13. The third-order valence-electron chi connectivity index (χ3n) is 5.81. The summed E-state index contributed by atoms with van der Waals surface area (Å²) < 4.78 is 44.6. The molecule has 0 saturated heterocycles. The van der Waals surface area contributed by atoms with Crippen molar-refractivity contribution in [1.82, 2.24) is 5.32 Å². The van der Waals surface area contributed by atoms with Crippen LogP contribution in [0.4, 0.5) is 5.69 Å². The zero-order chi connectivity index (χ0) is 27.7. The first-order valence-electron chi connectivity index (χ1n) is 12.5. The number of benzene rings is 3. The summed E-state index contributed by atoms with van der Waals surface area (Å²) in [6, 6.07) is 19.2. The standard InChI is InChI=1S/C29H36N2O6S/c1-21(2)37-25-13-10-23(11-14-25)7-6-18-30-29(32)20-31(24-12-17-27(35-4)28(19-24)36-5)38(33,34)26-15-8-22(3)9-16-26/h8-17,19,21H,6-7,18,20H2,1-5H3,(H,30,32). The predicted octanol–water partition coefficient (Wildman–Crippen LogP) is 4.74. The first-order chi connectivity index (χ1) is 18.1. The Morgan fingerprint density at radius 2 is 1.58 bits per heavy atom. The van der Waals surface area contributed by atoms with Gasteiger partial charge in [0, 0.05) is 12.6 Å². The number of hydrogen-bond donors (Lipinski definition) is 1. The van der Waals surface area contributed by atoms with Gasteiger partial charge in [-0.1, -0.05) is 29.8 Å². The highest BCUT2D eigenvalue weighted by molar-refractivity contribution is 7.92. The van der Waals surface area contributed by atoms with Gasteiger partial charge in [0.1, 0.15) is 12.3 Å². The highest BCUT2D eigenvalue weighted by atomic mass is 32.2. The number of carbonyl (C=O) groups is 1. The molecule has 0 fully saturated rings. The molecular weight excluding hydrogens is 504 g/mol. The number of anilines is 1. The average Bonchev–Trinajstić information content (AvgIpc) is 2.90. The van der Waals surface area contributed by atoms with Crippen LogP contribution in [-0.2, 0) is 21.2 Å². The number of methoxy groups -OCH3 is 2. The molecule has 8 nitrogen and oxygen atoms in total. The molecule has 3 rings (SSSR count). The Kier molecular flexibility index (Phi) is 10.0. The molecule has 0 aromatic heterocycles. The molecule has 0 radical (unpaired) electrons. The Hall–Kier alpha value is -3.72. The van der Waals surface area contributed by atoms with Crippen molar-refractivity contribution in [2.45, 2.75) is 44.6 Å². The summed E-state index contributed by atoms with van der Waals surface area (Å²) in [6.45, 7) is 5.87. The smallest absolute Gasteiger partial charge is 0.264 e. The van der Waals surface area contributed by atoms with E-state index in [0.29, 0.717) is 30.2 Å². The first-order valence-corrected chi connectivity index (χ1v) is 13.9. The lowest BCUT2D eigenvalue weighted by molar-refractivity contribution is -0.119. The summed E-state index contributed by atoms with van der Waals surface area (Å²) in [6.07, 6.45) is 1.59. The Labute approximate surface area is 225 Å². The van der Waals surface area contributed by atoms with Crippen LogP contribution in [0.15, 0.2) is 71.6 Å². The van der Waals surface area contributed by atoms with Crippen molar-refractivity contribution < 1.29 is 27.4 Å². The second-order valence-corrected chi connectivity index (χ2v) is 11.0. The molecule has 0 atom stereocenters. The molecule has 204 valence electrons. The van der Waals surface area contributed by atoms with Crippen LogP contribution in [0.25, 0.3) is 0 Å². The first kappa shape index (κ1) is 28.8. The van der Waals surface area contributed by atoms with E-state index in [9.17, 15) is 13.2 Å². The maximum absolute atomic E-state index is 13.6. The lowest BCUT2D eigenvalue weighted by atomic mass is 10.1. The van der Waals surface area contributed by atoms with Crippen molar-refractivity contribution in [1.29, 1.82) is 0 Å². The maximum atomic E-state index is 13.6. The van der Waals surface area contributed by atoms with Crippen molar-refractivity contribution in [3.8, 4) is 17.2 Å². The SMILES string of the molecule is COc1ccc(N(CC(=O)NCCCc2ccc(OC(C)C)cc2)S(=O)(=O)c2ccc(C)cc2)cc1OC. The summed E-state index contributed by atoms with van der Waals surface area (Å²) in [5, 5.41) is 2.85. The Bertz CT molecular complexity index is 1310. The Balaban J connectivity index is 1.71. The number of hydrogen-bond acceptors (Lipinski definition) is 6. The molecule has 0 aliphatic rings. The van der Waals surface area contributed by atoms with E-state index in [1.54, 1.807) is 30.3 Å². The van der Waals surface area contributed by atoms with E-state index in [2.05, 4.69) is 5.32 Å². The van der Waals surface area contributed by atoms with Crippen LogP contribution in [-0.4, -0.2) is 47.7 Å². The number of aryl methyl sites for hydroxylation is 2. The van der Waals surface area contributed by atoms with Crippen LogP contribution < -0.4 is 23.8 Å². The number of sulfonamides is 1. The molecule has 0 saturated carbocycles. The monoisotopic (exact) mass is 540 g/mol. The van der Waals surface area contributed by atoms with E-state index in [0.717, 1.165) is 27.6 Å². The zero-order valence-corrected chi connectivity index (χ0v) is 23.4. The van der Waals surface area contributed by atoms with Gasteiger partial charge in [-0.05, 0) is 75.6 Å². The summed E-state index contributed by atoms with van der Waals surface area (Å²) >= 11 is 0. The molecule has 0 heterocycles. The molecule has 3 aromatic rings. The van der Waals surface area contributed by atoms with E-state index in [4.69, 9.17) is 14.2 Å². The molecule has 0 unspecified atom stereocenters. The van der Waals surface area contributed by atoms with Gasteiger partial charge in [0.25, 0.3) is 10.0 Å². The lowest BCUT2D eigenvalue weighted by Crippen LogP contribution is -2.41. The van der Waals surface area contributed by atoms with Gasteiger partial charge >= 0.3 is 0 Å². The number of nitrogens with zero attached hydrogens (tertiary/aromatic N) is 1. The lowest BCUT2D eigenvalue weighted by Gasteiger charge is -2.25. The molecule has 0 aliphatic carbocycles. The van der Waals surface area contributed by atoms with Crippen molar-refractivity contribution in [2.75, 3.05) is 31.6 Å². The summed E-state index contributed by atoms with van der Waals surface area (Å²) in [5.41, 5.74) is 2.35. The molecule has 1 amide bonds. The van der Waals surface area contributed by atoms with E-state index >= 15 is 0 Å². The van der Waals surface area contributed by atoms with E-state index in [1.807, 2.05) is 45.0 Å². The summed E-state index contributed by atoms with van der Waals surface area (Å²) in [5.74, 6) is 1.23. The average molecular weight is 541 g/mol. The summed E-state index contributed by atoms with van der Waals surface area (Å²) in [4.78, 5) is 13.0.